The number of benzene rings is 1. The maximum absolute atomic E-state index is 12.3. The number of amides is 1. The third-order valence-corrected chi connectivity index (χ3v) is 3.78. The van der Waals surface area contributed by atoms with E-state index in [0.717, 1.165) is 36.2 Å². The van der Waals surface area contributed by atoms with Crippen LogP contribution in [0.4, 0.5) is 5.69 Å². The fourth-order valence-electron chi connectivity index (χ4n) is 2.24. The summed E-state index contributed by atoms with van der Waals surface area (Å²) < 4.78 is 0. The summed E-state index contributed by atoms with van der Waals surface area (Å²) >= 11 is 0. The van der Waals surface area contributed by atoms with Crippen LogP contribution >= 0.6 is 0 Å². The van der Waals surface area contributed by atoms with E-state index in [-0.39, 0.29) is 5.91 Å². The van der Waals surface area contributed by atoms with E-state index in [1.54, 1.807) is 0 Å². The van der Waals surface area contributed by atoms with Crippen LogP contribution in [0.25, 0.3) is 0 Å². The number of anilines is 1. The summed E-state index contributed by atoms with van der Waals surface area (Å²) in [6.07, 6.45) is 2.07. The van der Waals surface area contributed by atoms with Crippen molar-refractivity contribution in [3.05, 3.63) is 29.3 Å². The Balaban J connectivity index is 2.07. The largest absolute Gasteiger partial charge is 0.385 e. The molecule has 104 valence electrons. The van der Waals surface area contributed by atoms with E-state index in [4.69, 9.17) is 0 Å². The van der Waals surface area contributed by atoms with Crippen LogP contribution in [-0.2, 0) is 6.42 Å². The van der Waals surface area contributed by atoms with E-state index in [9.17, 15) is 4.79 Å². The number of carbonyl (C=O) groups is 1. The summed E-state index contributed by atoms with van der Waals surface area (Å²) in [4.78, 5) is 14.4. The van der Waals surface area contributed by atoms with E-state index in [2.05, 4.69) is 22.5 Å². The van der Waals surface area contributed by atoms with Crippen molar-refractivity contribution in [1.82, 2.24) is 10.2 Å². The standard InChI is InChI=1S/C15H23N3O/c1-11(18(2)3)10-17-15(19)13-6-4-8-14-12(13)7-5-9-16-14/h4,6,8,11,16H,5,7,9-10H2,1-3H3,(H,17,19). The van der Waals surface area contributed by atoms with Gasteiger partial charge in [-0.25, -0.2) is 0 Å². The van der Waals surface area contributed by atoms with E-state index in [1.807, 2.05) is 32.3 Å². The number of hydrogen-bond acceptors (Lipinski definition) is 3. The van der Waals surface area contributed by atoms with Gasteiger partial charge in [0.05, 0.1) is 0 Å². The molecule has 4 nitrogen and oxygen atoms in total. The van der Waals surface area contributed by atoms with Crippen molar-refractivity contribution >= 4 is 11.6 Å². The van der Waals surface area contributed by atoms with Crippen molar-refractivity contribution in [2.24, 2.45) is 0 Å². The highest BCUT2D eigenvalue weighted by Crippen LogP contribution is 2.25. The average molecular weight is 261 g/mol. The Labute approximate surface area is 115 Å². The van der Waals surface area contributed by atoms with Crippen LogP contribution in [0, 0.1) is 0 Å². The Morgan fingerprint density at radius 2 is 2.26 bits per heavy atom. The van der Waals surface area contributed by atoms with Crippen LogP contribution in [0.2, 0.25) is 0 Å². The summed E-state index contributed by atoms with van der Waals surface area (Å²) in [6, 6.07) is 6.25. The molecule has 19 heavy (non-hydrogen) atoms. The van der Waals surface area contributed by atoms with E-state index >= 15 is 0 Å². The SMILES string of the molecule is CC(CNC(=O)c1cccc2c1CCCN2)N(C)C. The monoisotopic (exact) mass is 261 g/mol. The van der Waals surface area contributed by atoms with E-state index in [0.29, 0.717) is 12.6 Å². The first-order valence-electron chi connectivity index (χ1n) is 6.90. The van der Waals surface area contributed by atoms with Crippen molar-refractivity contribution in [3.8, 4) is 0 Å². The lowest BCUT2D eigenvalue weighted by Gasteiger charge is -2.22. The van der Waals surface area contributed by atoms with Gasteiger partial charge in [-0.1, -0.05) is 6.07 Å². The fraction of sp³-hybridized carbons (Fsp3) is 0.533. The van der Waals surface area contributed by atoms with Gasteiger partial charge in [0.15, 0.2) is 0 Å². The van der Waals surface area contributed by atoms with Crippen molar-refractivity contribution < 1.29 is 4.79 Å². The summed E-state index contributed by atoms with van der Waals surface area (Å²) in [5.74, 6) is 0.0363. The Kier molecular flexibility index (Phi) is 4.43. The van der Waals surface area contributed by atoms with Gasteiger partial charge in [-0.15, -0.1) is 0 Å². The Morgan fingerprint density at radius 1 is 1.47 bits per heavy atom. The molecule has 0 radical (unpaired) electrons. The van der Waals surface area contributed by atoms with Crippen LogP contribution in [0.15, 0.2) is 18.2 Å². The molecule has 1 unspecified atom stereocenters. The highest BCUT2D eigenvalue weighted by molar-refractivity contribution is 5.97. The van der Waals surface area contributed by atoms with Crippen LogP contribution in [-0.4, -0.2) is 44.0 Å². The highest BCUT2D eigenvalue weighted by Gasteiger charge is 2.17. The topological polar surface area (TPSA) is 44.4 Å². The van der Waals surface area contributed by atoms with Gasteiger partial charge < -0.3 is 15.5 Å². The lowest BCUT2D eigenvalue weighted by Crippen LogP contribution is -2.38. The summed E-state index contributed by atoms with van der Waals surface area (Å²) in [5, 5.41) is 6.37. The molecule has 0 saturated carbocycles. The minimum atomic E-state index is 0.0363. The molecule has 1 amide bonds. The number of nitrogens with zero attached hydrogens (tertiary/aromatic N) is 1. The summed E-state index contributed by atoms with van der Waals surface area (Å²) in [5.41, 5.74) is 3.08. The number of fused-ring (bicyclic) bond motifs is 1. The quantitative estimate of drug-likeness (QED) is 0.867. The zero-order valence-electron chi connectivity index (χ0n) is 12.0. The van der Waals surface area contributed by atoms with Crippen LogP contribution in [0.5, 0.6) is 0 Å². The molecule has 2 rings (SSSR count). The van der Waals surface area contributed by atoms with Gasteiger partial charge in [-0.05, 0) is 51.6 Å². The smallest absolute Gasteiger partial charge is 0.251 e. The van der Waals surface area contributed by atoms with Crippen molar-refractivity contribution in [1.29, 1.82) is 0 Å². The second-order valence-corrected chi connectivity index (χ2v) is 5.38. The van der Waals surface area contributed by atoms with Gasteiger partial charge in [-0.3, -0.25) is 4.79 Å². The minimum Gasteiger partial charge on any atom is -0.385 e. The van der Waals surface area contributed by atoms with Crippen molar-refractivity contribution in [2.75, 3.05) is 32.5 Å². The molecule has 0 aliphatic carbocycles. The predicted molar refractivity (Wildman–Crippen MR) is 78.7 cm³/mol. The van der Waals surface area contributed by atoms with Crippen LogP contribution in [0.1, 0.15) is 29.3 Å². The third-order valence-electron chi connectivity index (χ3n) is 3.78. The molecule has 1 aromatic carbocycles. The number of rotatable bonds is 4. The Hall–Kier alpha value is -1.55. The molecular formula is C15H23N3O. The first-order chi connectivity index (χ1) is 9.09. The lowest BCUT2D eigenvalue weighted by molar-refractivity contribution is 0.0942. The molecule has 4 heteroatoms. The van der Waals surface area contributed by atoms with E-state index in [1.165, 1.54) is 0 Å². The maximum Gasteiger partial charge on any atom is 0.251 e. The van der Waals surface area contributed by atoms with E-state index < -0.39 is 0 Å². The number of hydrogen-bond donors (Lipinski definition) is 2. The molecule has 0 aromatic heterocycles. The molecule has 1 aliphatic heterocycles. The fourth-order valence-corrected chi connectivity index (χ4v) is 2.24. The van der Waals surface area contributed by atoms with Crippen molar-refractivity contribution in [3.63, 3.8) is 0 Å². The molecule has 1 heterocycles. The van der Waals surface area contributed by atoms with Gasteiger partial charge >= 0.3 is 0 Å². The Morgan fingerprint density at radius 3 is 3.00 bits per heavy atom. The number of carbonyl (C=O) groups excluding carboxylic acids is 1. The first kappa shape index (κ1) is 13.9. The van der Waals surface area contributed by atoms with Gasteiger partial charge in [0.2, 0.25) is 0 Å². The zero-order valence-corrected chi connectivity index (χ0v) is 12.0. The molecule has 0 bridgehead atoms. The second-order valence-electron chi connectivity index (χ2n) is 5.38. The molecule has 0 saturated heterocycles. The predicted octanol–water partition coefficient (Wildman–Crippen LogP) is 1.72. The molecular weight excluding hydrogens is 238 g/mol. The number of nitrogens with one attached hydrogen (secondary N) is 2. The van der Waals surface area contributed by atoms with Gasteiger partial charge in [0, 0.05) is 30.4 Å². The third kappa shape index (κ3) is 3.26. The van der Waals surface area contributed by atoms with Gasteiger partial charge in [0.1, 0.15) is 0 Å². The van der Waals surface area contributed by atoms with Gasteiger partial charge in [0.25, 0.3) is 5.91 Å². The molecule has 1 aliphatic rings. The first-order valence-corrected chi connectivity index (χ1v) is 6.90. The average Bonchev–Trinajstić information content (AvgIpc) is 2.43. The zero-order chi connectivity index (χ0) is 13.8. The minimum absolute atomic E-state index is 0.0363. The lowest BCUT2D eigenvalue weighted by atomic mass is 9.97. The molecule has 2 N–H and O–H groups in total. The molecule has 1 atom stereocenters. The van der Waals surface area contributed by atoms with Crippen LogP contribution in [0.3, 0.4) is 0 Å². The second kappa shape index (κ2) is 6.06. The normalized spacial score (nSPS) is 15.6. The summed E-state index contributed by atoms with van der Waals surface area (Å²) in [7, 11) is 4.04. The van der Waals surface area contributed by atoms with Gasteiger partial charge in [-0.2, -0.15) is 0 Å². The Bertz CT molecular complexity index is 457. The molecule has 0 fully saturated rings. The molecule has 1 aromatic rings. The number of likely N-dealkylation sites (N-methyl/N-ethyl adjacent to an activating group) is 1. The highest BCUT2D eigenvalue weighted by atomic mass is 16.1. The maximum atomic E-state index is 12.3. The summed E-state index contributed by atoms with van der Waals surface area (Å²) in [6.45, 7) is 3.76. The van der Waals surface area contributed by atoms with Crippen LogP contribution < -0.4 is 10.6 Å². The van der Waals surface area contributed by atoms with Crippen molar-refractivity contribution in [2.45, 2.75) is 25.8 Å². The molecule has 0 spiro atoms.